The Morgan fingerprint density at radius 1 is 0.838 bits per heavy atom. The van der Waals surface area contributed by atoms with Crippen LogP contribution in [-0.2, 0) is 17.7 Å². The van der Waals surface area contributed by atoms with Gasteiger partial charge in [0.15, 0.2) is 0 Å². The lowest BCUT2D eigenvalue weighted by Crippen LogP contribution is -2.35. The van der Waals surface area contributed by atoms with Crippen molar-refractivity contribution in [1.82, 2.24) is 25.3 Å². The molecule has 5 nitrogen and oxygen atoms in total. The zero-order valence-corrected chi connectivity index (χ0v) is 25.5. The van der Waals surface area contributed by atoms with E-state index in [1.165, 1.54) is 5.56 Å². The zero-order chi connectivity index (χ0) is 28.5. The highest BCUT2D eigenvalue weighted by Gasteiger charge is 2.16. The first kappa shape index (κ1) is 27.7. The van der Waals surface area contributed by atoms with Crippen LogP contribution in [0.15, 0.2) is 36.4 Å². The molecule has 0 amide bonds. The quantitative estimate of drug-likeness (QED) is 0.245. The van der Waals surface area contributed by atoms with Crippen LogP contribution < -0.4 is 5.32 Å². The highest BCUT2D eigenvalue weighted by molar-refractivity contribution is 7.99. The predicted molar refractivity (Wildman–Crippen MR) is 163 cm³/mol. The number of rotatable bonds is 5. The second kappa shape index (κ2) is 11.2. The van der Waals surface area contributed by atoms with Crippen LogP contribution in [0.25, 0.3) is 22.1 Å². The molecule has 0 unspecified atom stereocenters. The van der Waals surface area contributed by atoms with Crippen molar-refractivity contribution in [2.45, 2.75) is 110 Å². The molecule has 0 aliphatic carbocycles. The molecule has 4 aromatic rings. The minimum absolute atomic E-state index is 0.107. The third kappa shape index (κ3) is 8.89. The van der Waals surface area contributed by atoms with E-state index in [0.717, 1.165) is 51.6 Å². The maximum atomic E-state index is 8.08. The molecule has 0 atom stereocenters. The van der Waals surface area contributed by atoms with E-state index >= 15 is 0 Å². The smallest absolute Gasteiger partial charge is 0.121 e. The molecule has 0 bridgehead atoms. The number of H-pyrrole nitrogens is 2. The molecule has 3 N–H and O–H groups in total. The van der Waals surface area contributed by atoms with Gasteiger partial charge in [0, 0.05) is 11.7 Å². The van der Waals surface area contributed by atoms with Crippen molar-refractivity contribution in [2.75, 3.05) is 0 Å². The summed E-state index contributed by atoms with van der Waals surface area (Å²) in [4.78, 5) is 16.0. The van der Waals surface area contributed by atoms with E-state index in [1.807, 2.05) is 43.8 Å². The molecular weight excluding hydrogens is 474 g/mol. The maximum absolute atomic E-state index is 8.08. The summed E-state index contributed by atoms with van der Waals surface area (Å²) in [7, 11) is 0. The molecule has 0 aliphatic rings. The van der Waals surface area contributed by atoms with Gasteiger partial charge in [-0.1, -0.05) is 67.5 Å². The van der Waals surface area contributed by atoms with E-state index in [-0.39, 0.29) is 15.7 Å². The van der Waals surface area contributed by atoms with Crippen molar-refractivity contribution in [2.24, 2.45) is 0 Å². The fourth-order valence-corrected chi connectivity index (χ4v) is 4.39. The summed E-state index contributed by atoms with van der Waals surface area (Å²) in [5, 5.41) is 3.45. The molecule has 2 heterocycles. The molecular formula is C31H47N5S. The number of nitrogens with zero attached hydrogens (tertiary/aromatic N) is 2. The van der Waals surface area contributed by atoms with Gasteiger partial charge in [-0.15, -0.1) is 11.8 Å². The first-order valence-electron chi connectivity index (χ1n) is 13.7. The van der Waals surface area contributed by atoms with Crippen molar-refractivity contribution < 1.29 is 1.37 Å². The maximum Gasteiger partial charge on any atom is 0.121 e. The number of hydrogen-bond acceptors (Lipinski definition) is 4. The lowest BCUT2D eigenvalue weighted by molar-refractivity contribution is 0.419. The number of aromatic nitrogens is 4. The van der Waals surface area contributed by atoms with Gasteiger partial charge in [-0.2, -0.15) is 0 Å². The molecule has 2 aromatic heterocycles. The fourth-order valence-electron chi connectivity index (χ4n) is 3.69. The number of aromatic amines is 2. The minimum atomic E-state index is -0.570. The van der Waals surface area contributed by atoms with Gasteiger partial charge in [0.1, 0.15) is 11.6 Å². The average molecular weight is 524 g/mol. The number of hydrogen-bond donors (Lipinski definition) is 3. The summed E-state index contributed by atoms with van der Waals surface area (Å²) < 4.78 is 8.32. The van der Waals surface area contributed by atoms with Gasteiger partial charge in [0.2, 0.25) is 0 Å². The van der Waals surface area contributed by atoms with E-state index < -0.39 is 5.89 Å². The molecule has 202 valence electrons. The standard InChI is InChI=1S/C16H25N3.C15H22N2S/c1-15(2,3)11-7-8-12-13(9-11)19-14(18-12)10-17-16(4,5)6;1-10(2)11-6-7-12-13(8-11)17-14(16-12)9-18-15(3,4)5/h7-9,17H,10H2,1-6H3,(H,18,19);6-8,10H,9H2,1-5H3,(H,16,17)/i;10T. The van der Waals surface area contributed by atoms with Gasteiger partial charge in [-0.3, -0.25) is 0 Å². The van der Waals surface area contributed by atoms with Crippen LogP contribution in [0.5, 0.6) is 0 Å². The zero-order valence-electron chi connectivity index (χ0n) is 25.7. The van der Waals surface area contributed by atoms with Crippen LogP contribution in [0.3, 0.4) is 0 Å². The Kier molecular flexibility index (Phi) is 8.39. The monoisotopic (exact) mass is 523 g/mol. The lowest BCUT2D eigenvalue weighted by Gasteiger charge is -2.19. The molecule has 0 spiro atoms. The highest BCUT2D eigenvalue weighted by atomic mass is 32.2. The van der Waals surface area contributed by atoms with Gasteiger partial charge < -0.3 is 15.3 Å². The SMILES string of the molecule is CC(C)(C)NCc1nc2ccc(C(C)(C)C)cc2[nH]1.[3H]C(C)(C)c1ccc2nc(CSC(C)(C)C)[nH]c2c1. The number of nitrogens with one attached hydrogen (secondary N) is 3. The van der Waals surface area contributed by atoms with Crippen LogP contribution >= 0.6 is 11.8 Å². The van der Waals surface area contributed by atoms with E-state index in [9.17, 15) is 0 Å². The van der Waals surface area contributed by atoms with Crippen LogP contribution in [0, 0.1) is 0 Å². The Bertz CT molecular complexity index is 1250. The number of thioether (sulfide) groups is 1. The topological polar surface area (TPSA) is 69.4 Å². The predicted octanol–water partition coefficient (Wildman–Crippen LogP) is 8.47. The summed E-state index contributed by atoms with van der Waals surface area (Å²) in [5.41, 5.74) is 6.80. The van der Waals surface area contributed by atoms with Gasteiger partial charge >= 0.3 is 0 Å². The van der Waals surface area contributed by atoms with Gasteiger partial charge in [-0.05, 0) is 67.5 Å². The Morgan fingerprint density at radius 3 is 1.97 bits per heavy atom. The molecule has 6 heteroatoms. The highest BCUT2D eigenvalue weighted by Crippen LogP contribution is 2.28. The van der Waals surface area contributed by atoms with E-state index in [1.54, 1.807) is 0 Å². The Morgan fingerprint density at radius 2 is 1.41 bits per heavy atom. The van der Waals surface area contributed by atoms with Crippen molar-refractivity contribution in [1.29, 1.82) is 0 Å². The van der Waals surface area contributed by atoms with Crippen LogP contribution in [-0.4, -0.2) is 30.2 Å². The first-order chi connectivity index (χ1) is 17.3. The van der Waals surface area contributed by atoms with Gasteiger partial charge in [-0.25, -0.2) is 9.97 Å². The van der Waals surface area contributed by atoms with E-state index in [4.69, 9.17) is 1.37 Å². The third-order valence-corrected chi connectivity index (χ3v) is 7.22. The van der Waals surface area contributed by atoms with Crippen LogP contribution in [0.1, 0.15) is 106 Å². The number of imidazole rings is 2. The molecule has 2 aromatic carbocycles. The van der Waals surface area contributed by atoms with Crippen LogP contribution in [0.2, 0.25) is 0 Å². The molecule has 37 heavy (non-hydrogen) atoms. The Labute approximate surface area is 229 Å². The third-order valence-electron chi connectivity index (χ3n) is 5.93. The van der Waals surface area contributed by atoms with Gasteiger partial charge in [0.25, 0.3) is 0 Å². The molecule has 0 saturated carbocycles. The van der Waals surface area contributed by atoms with Gasteiger partial charge in [0.05, 0.1) is 34.4 Å². The summed E-state index contributed by atoms with van der Waals surface area (Å²) >= 11 is 1.88. The number of benzene rings is 2. The van der Waals surface area contributed by atoms with E-state index in [2.05, 4.69) is 106 Å². The van der Waals surface area contributed by atoms with E-state index in [0.29, 0.717) is 0 Å². The summed E-state index contributed by atoms with van der Waals surface area (Å²) in [6.45, 7) is 24.4. The summed E-state index contributed by atoms with van der Waals surface area (Å²) in [6, 6.07) is 12.5. The lowest BCUT2D eigenvalue weighted by atomic mass is 9.87. The molecule has 0 radical (unpaired) electrons. The van der Waals surface area contributed by atoms with Crippen molar-refractivity contribution in [3.05, 3.63) is 59.2 Å². The number of fused-ring (bicyclic) bond motifs is 2. The second-order valence-corrected chi connectivity index (χ2v) is 14.9. The van der Waals surface area contributed by atoms with Crippen molar-refractivity contribution in [3.63, 3.8) is 0 Å². The van der Waals surface area contributed by atoms with Crippen LogP contribution in [0.4, 0.5) is 0 Å². The second-order valence-electron chi connectivity index (χ2n) is 13.1. The molecule has 0 fully saturated rings. The molecule has 0 saturated heterocycles. The molecule has 4 rings (SSSR count). The minimum Gasteiger partial charge on any atom is -0.341 e. The molecule has 0 aliphatic heterocycles. The Balaban J connectivity index is 0.000000211. The Hall–Kier alpha value is -2.31. The largest absolute Gasteiger partial charge is 0.341 e. The normalized spacial score (nSPS) is 13.5. The summed E-state index contributed by atoms with van der Waals surface area (Å²) in [5.74, 6) is 2.32. The van der Waals surface area contributed by atoms with Crippen molar-refractivity contribution in [3.8, 4) is 0 Å². The first-order valence-corrected chi connectivity index (χ1v) is 14.2. The average Bonchev–Trinajstić information content (AvgIpc) is 3.36. The van der Waals surface area contributed by atoms with Crippen molar-refractivity contribution >= 4 is 33.8 Å². The fraction of sp³-hybridized carbons (Fsp3) is 0.548. The summed E-state index contributed by atoms with van der Waals surface area (Å²) in [6.07, 6.45) is 0.